The highest BCUT2D eigenvalue weighted by Gasteiger charge is 2.06. The maximum absolute atomic E-state index is 5.85. The SMILES string of the molecule is CCNCc1ccc(COc2ccc(C)cc2OC)s1. The van der Waals surface area contributed by atoms with Gasteiger partial charge in [0.15, 0.2) is 11.5 Å². The van der Waals surface area contributed by atoms with E-state index in [9.17, 15) is 0 Å². The second-order valence-corrected chi connectivity index (χ2v) is 5.84. The van der Waals surface area contributed by atoms with E-state index in [-0.39, 0.29) is 0 Å². The summed E-state index contributed by atoms with van der Waals surface area (Å²) >= 11 is 1.78. The van der Waals surface area contributed by atoms with Gasteiger partial charge >= 0.3 is 0 Å². The van der Waals surface area contributed by atoms with Crippen LogP contribution in [-0.4, -0.2) is 13.7 Å². The number of benzene rings is 1. The van der Waals surface area contributed by atoms with Gasteiger partial charge in [0.2, 0.25) is 0 Å². The first-order chi connectivity index (χ1) is 9.72. The van der Waals surface area contributed by atoms with E-state index in [1.54, 1.807) is 18.4 Å². The van der Waals surface area contributed by atoms with Gasteiger partial charge in [-0.2, -0.15) is 0 Å². The average Bonchev–Trinajstić information content (AvgIpc) is 2.91. The summed E-state index contributed by atoms with van der Waals surface area (Å²) in [7, 11) is 1.67. The minimum Gasteiger partial charge on any atom is -0.493 e. The molecule has 20 heavy (non-hydrogen) atoms. The smallest absolute Gasteiger partial charge is 0.161 e. The summed E-state index contributed by atoms with van der Waals surface area (Å²) in [5, 5.41) is 3.33. The number of hydrogen-bond donors (Lipinski definition) is 1. The second-order valence-electron chi connectivity index (χ2n) is 4.59. The maximum Gasteiger partial charge on any atom is 0.161 e. The van der Waals surface area contributed by atoms with Gasteiger partial charge in [-0.3, -0.25) is 0 Å². The van der Waals surface area contributed by atoms with Crippen LogP contribution in [0.3, 0.4) is 0 Å². The van der Waals surface area contributed by atoms with Gasteiger partial charge < -0.3 is 14.8 Å². The van der Waals surface area contributed by atoms with Gasteiger partial charge in [0, 0.05) is 16.3 Å². The third-order valence-electron chi connectivity index (χ3n) is 2.96. The van der Waals surface area contributed by atoms with Crippen LogP contribution in [0.15, 0.2) is 30.3 Å². The van der Waals surface area contributed by atoms with Crippen molar-refractivity contribution in [2.75, 3.05) is 13.7 Å². The normalized spacial score (nSPS) is 10.6. The summed E-state index contributed by atoms with van der Waals surface area (Å²) < 4.78 is 11.2. The van der Waals surface area contributed by atoms with Crippen molar-refractivity contribution in [3.63, 3.8) is 0 Å². The van der Waals surface area contributed by atoms with E-state index in [0.29, 0.717) is 6.61 Å². The predicted molar refractivity (Wildman–Crippen MR) is 83.8 cm³/mol. The van der Waals surface area contributed by atoms with Crippen LogP contribution in [0.25, 0.3) is 0 Å². The number of hydrogen-bond acceptors (Lipinski definition) is 4. The molecule has 1 N–H and O–H groups in total. The molecule has 0 saturated heterocycles. The Labute approximate surface area is 124 Å². The van der Waals surface area contributed by atoms with E-state index in [2.05, 4.69) is 24.4 Å². The molecule has 0 atom stereocenters. The van der Waals surface area contributed by atoms with E-state index in [1.165, 1.54) is 15.3 Å². The summed E-state index contributed by atoms with van der Waals surface area (Å²) in [6, 6.07) is 10.3. The molecule has 0 unspecified atom stereocenters. The average molecular weight is 291 g/mol. The van der Waals surface area contributed by atoms with Crippen molar-refractivity contribution >= 4 is 11.3 Å². The molecule has 0 amide bonds. The van der Waals surface area contributed by atoms with Gasteiger partial charge in [-0.15, -0.1) is 11.3 Å². The summed E-state index contributed by atoms with van der Waals surface area (Å²) in [5.41, 5.74) is 1.17. The van der Waals surface area contributed by atoms with Crippen LogP contribution in [0.2, 0.25) is 0 Å². The number of nitrogens with one attached hydrogen (secondary N) is 1. The molecule has 0 fully saturated rings. The minimum atomic E-state index is 0.580. The fourth-order valence-corrected chi connectivity index (χ4v) is 2.79. The van der Waals surface area contributed by atoms with Crippen LogP contribution >= 0.6 is 11.3 Å². The van der Waals surface area contributed by atoms with Crippen LogP contribution in [0.4, 0.5) is 0 Å². The zero-order valence-electron chi connectivity index (χ0n) is 12.2. The first-order valence-electron chi connectivity index (χ1n) is 6.78. The topological polar surface area (TPSA) is 30.5 Å². The van der Waals surface area contributed by atoms with E-state index in [4.69, 9.17) is 9.47 Å². The van der Waals surface area contributed by atoms with Crippen molar-refractivity contribution in [3.8, 4) is 11.5 Å². The molecule has 2 aromatic rings. The van der Waals surface area contributed by atoms with Gasteiger partial charge in [-0.25, -0.2) is 0 Å². The highest BCUT2D eigenvalue weighted by atomic mass is 32.1. The predicted octanol–water partition coefficient (Wildman–Crippen LogP) is 3.75. The third kappa shape index (κ3) is 3.99. The Kier molecular flexibility index (Phi) is 5.44. The number of aryl methyl sites for hydroxylation is 1. The molecule has 0 radical (unpaired) electrons. The molecule has 2 rings (SSSR count). The lowest BCUT2D eigenvalue weighted by Crippen LogP contribution is -2.10. The largest absolute Gasteiger partial charge is 0.493 e. The van der Waals surface area contributed by atoms with Crippen molar-refractivity contribution in [1.82, 2.24) is 5.32 Å². The molecule has 3 nitrogen and oxygen atoms in total. The maximum atomic E-state index is 5.85. The third-order valence-corrected chi connectivity index (χ3v) is 4.01. The Morgan fingerprint density at radius 2 is 1.90 bits per heavy atom. The lowest BCUT2D eigenvalue weighted by molar-refractivity contribution is 0.287. The molecular weight excluding hydrogens is 270 g/mol. The lowest BCUT2D eigenvalue weighted by atomic mass is 10.2. The quantitative estimate of drug-likeness (QED) is 0.842. The fraction of sp³-hybridized carbons (Fsp3) is 0.375. The van der Waals surface area contributed by atoms with Crippen LogP contribution in [0, 0.1) is 6.92 Å². The Balaban J connectivity index is 1.96. The van der Waals surface area contributed by atoms with Crippen LogP contribution in [0.1, 0.15) is 22.2 Å². The van der Waals surface area contributed by atoms with Crippen molar-refractivity contribution in [1.29, 1.82) is 0 Å². The van der Waals surface area contributed by atoms with Crippen LogP contribution in [0.5, 0.6) is 11.5 Å². The van der Waals surface area contributed by atoms with E-state index in [0.717, 1.165) is 24.6 Å². The highest BCUT2D eigenvalue weighted by Crippen LogP contribution is 2.29. The Bertz CT molecular complexity index is 551. The molecule has 1 heterocycles. The van der Waals surface area contributed by atoms with Gasteiger partial charge in [0.25, 0.3) is 0 Å². The number of rotatable bonds is 7. The second kappa shape index (κ2) is 7.31. The molecule has 1 aromatic heterocycles. The van der Waals surface area contributed by atoms with Crippen molar-refractivity contribution in [3.05, 3.63) is 45.6 Å². The van der Waals surface area contributed by atoms with Crippen LogP contribution in [-0.2, 0) is 13.2 Å². The lowest BCUT2D eigenvalue weighted by Gasteiger charge is -2.10. The summed E-state index contributed by atoms with van der Waals surface area (Å²) in [6.07, 6.45) is 0. The molecule has 0 bridgehead atoms. The molecule has 1 aromatic carbocycles. The first-order valence-corrected chi connectivity index (χ1v) is 7.60. The zero-order chi connectivity index (χ0) is 14.4. The van der Waals surface area contributed by atoms with E-state index < -0.39 is 0 Å². The molecule has 0 aliphatic heterocycles. The summed E-state index contributed by atoms with van der Waals surface area (Å²) in [4.78, 5) is 2.56. The number of methoxy groups -OCH3 is 1. The van der Waals surface area contributed by atoms with Gasteiger partial charge in [0.1, 0.15) is 6.61 Å². The summed E-state index contributed by atoms with van der Waals surface area (Å²) in [6.45, 7) is 6.65. The molecule has 108 valence electrons. The van der Waals surface area contributed by atoms with Crippen LogP contribution < -0.4 is 14.8 Å². The Morgan fingerprint density at radius 3 is 2.65 bits per heavy atom. The summed E-state index contributed by atoms with van der Waals surface area (Å²) in [5.74, 6) is 1.58. The fourth-order valence-electron chi connectivity index (χ4n) is 1.89. The van der Waals surface area contributed by atoms with Gasteiger partial charge in [-0.1, -0.05) is 13.0 Å². The van der Waals surface area contributed by atoms with Crippen molar-refractivity contribution in [2.45, 2.75) is 27.0 Å². The first kappa shape index (κ1) is 14.9. The molecule has 0 aliphatic rings. The Hall–Kier alpha value is -1.52. The monoisotopic (exact) mass is 291 g/mol. The molecule has 0 spiro atoms. The molecule has 4 heteroatoms. The molecular formula is C16H21NO2S. The zero-order valence-corrected chi connectivity index (χ0v) is 13.0. The van der Waals surface area contributed by atoms with Crippen molar-refractivity contribution < 1.29 is 9.47 Å². The van der Waals surface area contributed by atoms with Gasteiger partial charge in [-0.05, 0) is 43.3 Å². The number of ether oxygens (including phenoxy) is 2. The van der Waals surface area contributed by atoms with E-state index >= 15 is 0 Å². The van der Waals surface area contributed by atoms with Gasteiger partial charge in [0.05, 0.1) is 7.11 Å². The van der Waals surface area contributed by atoms with E-state index in [1.807, 2.05) is 25.1 Å². The highest BCUT2D eigenvalue weighted by molar-refractivity contribution is 7.11. The standard InChI is InChI=1S/C16H21NO2S/c1-4-17-10-13-6-7-14(20-13)11-19-15-8-5-12(2)9-16(15)18-3/h5-9,17H,4,10-11H2,1-3H3. The molecule has 0 saturated carbocycles. The minimum absolute atomic E-state index is 0.580. The Morgan fingerprint density at radius 1 is 1.10 bits per heavy atom. The van der Waals surface area contributed by atoms with Crippen molar-refractivity contribution in [2.24, 2.45) is 0 Å². The molecule has 0 aliphatic carbocycles. The number of thiophene rings is 1.